The van der Waals surface area contributed by atoms with E-state index in [1.807, 2.05) is 0 Å². The summed E-state index contributed by atoms with van der Waals surface area (Å²) < 4.78 is 1.39. The monoisotopic (exact) mass is 316 g/mol. The summed E-state index contributed by atoms with van der Waals surface area (Å²) in [4.78, 5) is 36.2. The van der Waals surface area contributed by atoms with Crippen molar-refractivity contribution >= 4 is 23.3 Å². The molecule has 1 aliphatic carbocycles. The van der Waals surface area contributed by atoms with Gasteiger partial charge >= 0.3 is 0 Å². The quantitative estimate of drug-likeness (QED) is 0.921. The fraction of sp³-hybridized carbons (Fsp3) is 0.188. The number of benzene rings is 1. The Morgan fingerprint density at radius 1 is 1.14 bits per heavy atom. The molecule has 3 rings (SSSR count). The Labute approximate surface area is 131 Å². The molecule has 5 nitrogen and oxygen atoms in total. The van der Waals surface area contributed by atoms with Gasteiger partial charge in [-0.2, -0.15) is 0 Å². The van der Waals surface area contributed by atoms with Gasteiger partial charge in [0.1, 0.15) is 5.56 Å². The molecule has 0 fully saturated rings. The highest BCUT2D eigenvalue weighted by Crippen LogP contribution is 2.24. The van der Waals surface area contributed by atoms with Crippen LogP contribution in [0.2, 0.25) is 5.02 Å². The standard InChI is InChI=1S/C16H13ClN2O3/c17-9-4-6-10(7-5-9)19-13-2-1-3-14(20)11(13)8-12(15(18)21)16(19)22/h4-8H,1-3H2,(H2,18,21). The van der Waals surface area contributed by atoms with Crippen molar-refractivity contribution in [3.05, 3.63) is 62.5 Å². The zero-order valence-electron chi connectivity index (χ0n) is 11.6. The second-order valence-electron chi connectivity index (χ2n) is 5.18. The van der Waals surface area contributed by atoms with Crippen molar-refractivity contribution in [3.8, 4) is 5.69 Å². The SMILES string of the molecule is NC(=O)c1cc2c(n(-c3ccc(Cl)cc3)c1=O)CCCC2=O. The molecular formula is C16H13ClN2O3. The molecule has 1 amide bonds. The molecule has 112 valence electrons. The van der Waals surface area contributed by atoms with E-state index in [2.05, 4.69) is 0 Å². The maximum Gasteiger partial charge on any atom is 0.268 e. The molecule has 0 spiro atoms. The van der Waals surface area contributed by atoms with Gasteiger partial charge in [-0.3, -0.25) is 19.0 Å². The molecule has 6 heteroatoms. The number of pyridine rings is 1. The van der Waals surface area contributed by atoms with E-state index in [1.165, 1.54) is 10.6 Å². The summed E-state index contributed by atoms with van der Waals surface area (Å²) in [6.07, 6.45) is 1.68. The maximum absolute atomic E-state index is 12.6. The normalized spacial score (nSPS) is 13.8. The van der Waals surface area contributed by atoms with Gasteiger partial charge in [0.15, 0.2) is 5.78 Å². The van der Waals surface area contributed by atoms with Gasteiger partial charge in [-0.05, 0) is 43.2 Å². The smallest absolute Gasteiger partial charge is 0.268 e. The zero-order chi connectivity index (χ0) is 15.9. The molecule has 22 heavy (non-hydrogen) atoms. The number of Topliss-reactive ketones (excluding diaryl/α,β-unsaturated/α-hetero) is 1. The number of fused-ring (bicyclic) bond motifs is 1. The summed E-state index contributed by atoms with van der Waals surface area (Å²) in [5.41, 5.74) is 6.17. The van der Waals surface area contributed by atoms with Crippen molar-refractivity contribution in [3.63, 3.8) is 0 Å². The number of primary amides is 1. The number of halogens is 1. The Morgan fingerprint density at radius 2 is 1.82 bits per heavy atom. The predicted molar refractivity (Wildman–Crippen MR) is 82.8 cm³/mol. The summed E-state index contributed by atoms with van der Waals surface area (Å²) in [5, 5.41) is 0.535. The van der Waals surface area contributed by atoms with Crippen LogP contribution in [-0.2, 0) is 6.42 Å². The van der Waals surface area contributed by atoms with Crippen molar-refractivity contribution < 1.29 is 9.59 Å². The molecule has 1 heterocycles. The first-order valence-corrected chi connectivity index (χ1v) is 7.24. The molecule has 0 saturated heterocycles. The number of hydrogen-bond donors (Lipinski definition) is 1. The van der Waals surface area contributed by atoms with E-state index < -0.39 is 11.5 Å². The molecule has 0 unspecified atom stereocenters. The fourth-order valence-electron chi connectivity index (χ4n) is 2.73. The van der Waals surface area contributed by atoms with Gasteiger partial charge in [0.05, 0.1) is 0 Å². The average molecular weight is 317 g/mol. The van der Waals surface area contributed by atoms with Gasteiger partial charge in [0.25, 0.3) is 11.5 Å². The van der Waals surface area contributed by atoms with E-state index in [-0.39, 0.29) is 11.3 Å². The fourth-order valence-corrected chi connectivity index (χ4v) is 2.86. The van der Waals surface area contributed by atoms with Gasteiger partial charge in [-0.1, -0.05) is 11.6 Å². The lowest BCUT2D eigenvalue weighted by atomic mass is 9.93. The minimum Gasteiger partial charge on any atom is -0.365 e. The lowest BCUT2D eigenvalue weighted by Crippen LogP contribution is -2.33. The Hall–Kier alpha value is -2.40. The number of rotatable bonds is 2. The third-order valence-corrected chi connectivity index (χ3v) is 4.02. The first kappa shape index (κ1) is 14.5. The maximum atomic E-state index is 12.6. The summed E-state index contributed by atoms with van der Waals surface area (Å²) >= 11 is 5.87. The number of aromatic nitrogens is 1. The minimum absolute atomic E-state index is 0.0773. The molecule has 1 aliphatic rings. The van der Waals surface area contributed by atoms with Crippen LogP contribution in [0.15, 0.2) is 35.1 Å². The van der Waals surface area contributed by atoms with Crippen LogP contribution in [0.1, 0.15) is 39.3 Å². The molecule has 0 aliphatic heterocycles. The summed E-state index contributed by atoms with van der Waals surface area (Å²) in [7, 11) is 0. The van der Waals surface area contributed by atoms with Crippen LogP contribution in [0, 0.1) is 0 Å². The van der Waals surface area contributed by atoms with Crippen LogP contribution >= 0.6 is 11.6 Å². The van der Waals surface area contributed by atoms with Crippen LogP contribution in [-0.4, -0.2) is 16.3 Å². The number of carbonyl (C=O) groups is 2. The van der Waals surface area contributed by atoms with Crippen molar-refractivity contribution in [1.29, 1.82) is 0 Å². The number of ketones is 1. The van der Waals surface area contributed by atoms with Crippen molar-refractivity contribution in [2.24, 2.45) is 5.73 Å². The van der Waals surface area contributed by atoms with E-state index in [1.54, 1.807) is 24.3 Å². The number of amides is 1. The third-order valence-electron chi connectivity index (χ3n) is 3.77. The highest BCUT2D eigenvalue weighted by molar-refractivity contribution is 6.30. The number of nitrogens with two attached hydrogens (primary N) is 1. The van der Waals surface area contributed by atoms with E-state index >= 15 is 0 Å². The Balaban J connectivity index is 2.36. The van der Waals surface area contributed by atoms with Gasteiger partial charge in [0.2, 0.25) is 0 Å². The third kappa shape index (κ3) is 2.33. The second kappa shape index (κ2) is 5.42. The number of hydrogen-bond acceptors (Lipinski definition) is 3. The van der Waals surface area contributed by atoms with Crippen LogP contribution in [0.4, 0.5) is 0 Å². The highest BCUT2D eigenvalue weighted by Gasteiger charge is 2.25. The molecule has 0 bridgehead atoms. The van der Waals surface area contributed by atoms with Crippen molar-refractivity contribution in [2.45, 2.75) is 19.3 Å². The number of nitrogens with zero attached hydrogens (tertiary/aromatic N) is 1. The largest absolute Gasteiger partial charge is 0.365 e. The zero-order valence-corrected chi connectivity index (χ0v) is 12.4. The van der Waals surface area contributed by atoms with E-state index in [4.69, 9.17) is 17.3 Å². The minimum atomic E-state index is -0.839. The molecule has 1 aromatic heterocycles. The average Bonchev–Trinajstić information content (AvgIpc) is 2.48. The predicted octanol–water partition coefficient (Wildman–Crippen LogP) is 2.11. The lowest BCUT2D eigenvalue weighted by molar-refractivity contribution is 0.0971. The molecule has 0 saturated carbocycles. The summed E-state index contributed by atoms with van der Waals surface area (Å²) in [6, 6.07) is 7.98. The molecule has 0 atom stereocenters. The molecule has 2 N–H and O–H groups in total. The second-order valence-corrected chi connectivity index (χ2v) is 5.61. The van der Waals surface area contributed by atoms with E-state index in [9.17, 15) is 14.4 Å². The van der Waals surface area contributed by atoms with E-state index in [0.717, 1.165) is 0 Å². The molecular weight excluding hydrogens is 304 g/mol. The first-order chi connectivity index (χ1) is 10.5. The van der Waals surface area contributed by atoms with Crippen LogP contribution in [0.3, 0.4) is 0 Å². The molecule has 1 aromatic carbocycles. The summed E-state index contributed by atoms with van der Waals surface area (Å²) in [5.74, 6) is -0.916. The van der Waals surface area contributed by atoms with Gasteiger partial charge < -0.3 is 5.73 Å². The Morgan fingerprint density at radius 3 is 2.45 bits per heavy atom. The summed E-state index contributed by atoms with van der Waals surface area (Å²) in [6.45, 7) is 0. The van der Waals surface area contributed by atoms with Crippen LogP contribution in [0.5, 0.6) is 0 Å². The van der Waals surface area contributed by atoms with Gasteiger partial charge in [-0.15, -0.1) is 0 Å². The first-order valence-electron chi connectivity index (χ1n) is 6.87. The Bertz CT molecular complexity index is 838. The van der Waals surface area contributed by atoms with Crippen LogP contribution in [0.25, 0.3) is 5.69 Å². The number of carbonyl (C=O) groups excluding carboxylic acids is 2. The van der Waals surface area contributed by atoms with Gasteiger partial charge in [-0.25, -0.2) is 0 Å². The van der Waals surface area contributed by atoms with Gasteiger partial charge in [0, 0.05) is 28.4 Å². The molecule has 0 radical (unpaired) electrons. The highest BCUT2D eigenvalue weighted by atomic mass is 35.5. The molecule has 2 aromatic rings. The van der Waals surface area contributed by atoms with Crippen molar-refractivity contribution in [2.75, 3.05) is 0 Å². The topological polar surface area (TPSA) is 82.2 Å². The Kier molecular flexibility index (Phi) is 3.58. The van der Waals surface area contributed by atoms with Crippen LogP contribution < -0.4 is 11.3 Å². The lowest BCUT2D eigenvalue weighted by Gasteiger charge is -2.21. The van der Waals surface area contributed by atoms with Crippen molar-refractivity contribution in [1.82, 2.24) is 4.57 Å². The van der Waals surface area contributed by atoms with E-state index in [0.29, 0.717) is 41.2 Å².